The molecule has 1 aliphatic carbocycles. The molecule has 0 unspecified atom stereocenters. The molecule has 35 heavy (non-hydrogen) atoms. The van der Waals surface area contributed by atoms with Crippen molar-refractivity contribution < 1.29 is 14.3 Å². The molecule has 2 fully saturated rings. The molecular formula is C24H26N8O3. The molecule has 11 heteroatoms. The maximum absolute atomic E-state index is 12.7. The predicted molar refractivity (Wildman–Crippen MR) is 132 cm³/mol. The zero-order chi connectivity index (χ0) is 24.0. The summed E-state index contributed by atoms with van der Waals surface area (Å²) in [4.78, 5) is 28.7. The second-order valence-electron chi connectivity index (χ2n) is 8.76. The number of aromatic nitrogens is 5. The van der Waals surface area contributed by atoms with Crippen LogP contribution >= 0.6 is 0 Å². The molecule has 0 aromatic carbocycles. The summed E-state index contributed by atoms with van der Waals surface area (Å²) in [6, 6.07) is 5.86. The Balaban J connectivity index is 1.40. The number of amides is 1. The molecule has 2 aliphatic rings. The minimum atomic E-state index is -0.741. The lowest BCUT2D eigenvalue weighted by molar-refractivity contribution is -0.128. The van der Waals surface area contributed by atoms with Gasteiger partial charge in [-0.3, -0.25) is 4.79 Å². The Bertz CT molecular complexity index is 1430. The fraction of sp³-hybridized carbons (Fsp3) is 0.375. The second kappa shape index (κ2) is 8.43. The number of ether oxygens (including phenoxy) is 2. The normalized spacial score (nSPS) is 17.0. The van der Waals surface area contributed by atoms with Gasteiger partial charge in [0, 0.05) is 56.0 Å². The van der Waals surface area contributed by atoms with E-state index in [1.165, 1.54) is 0 Å². The van der Waals surface area contributed by atoms with Crippen LogP contribution in [0.4, 0.5) is 17.3 Å². The molecule has 4 aromatic rings. The first-order chi connectivity index (χ1) is 17.1. The molecule has 1 aliphatic heterocycles. The highest BCUT2D eigenvalue weighted by molar-refractivity contribution is 6.04. The number of methoxy groups -OCH3 is 1. The van der Waals surface area contributed by atoms with Gasteiger partial charge in [0.25, 0.3) is 5.91 Å². The summed E-state index contributed by atoms with van der Waals surface area (Å²) in [5.74, 6) is 1.49. The number of hydrogen-bond acceptors (Lipinski definition) is 9. The fourth-order valence-corrected chi connectivity index (χ4v) is 4.44. The van der Waals surface area contributed by atoms with Crippen molar-refractivity contribution in [3.05, 3.63) is 36.8 Å². The molecule has 0 atom stereocenters. The number of rotatable bonds is 6. The summed E-state index contributed by atoms with van der Waals surface area (Å²) in [7, 11) is 3.37. The topological polar surface area (TPSA) is 119 Å². The Kier molecular flexibility index (Phi) is 5.23. The second-order valence-corrected chi connectivity index (χ2v) is 8.76. The molecule has 0 radical (unpaired) electrons. The lowest BCUT2D eigenvalue weighted by atomic mass is 10.1. The van der Waals surface area contributed by atoms with E-state index in [0.29, 0.717) is 43.5 Å². The van der Waals surface area contributed by atoms with E-state index in [2.05, 4.69) is 31.6 Å². The van der Waals surface area contributed by atoms with Crippen LogP contribution < -0.4 is 15.5 Å². The molecule has 0 spiro atoms. The van der Waals surface area contributed by atoms with Gasteiger partial charge in [-0.1, -0.05) is 0 Å². The third-order valence-corrected chi connectivity index (χ3v) is 6.69. The molecule has 4 aromatic heterocycles. The van der Waals surface area contributed by atoms with Gasteiger partial charge in [0.05, 0.1) is 25.1 Å². The molecule has 1 saturated carbocycles. The zero-order valence-corrected chi connectivity index (χ0v) is 19.6. The van der Waals surface area contributed by atoms with Crippen molar-refractivity contribution >= 4 is 39.6 Å². The first kappa shape index (κ1) is 21.7. The van der Waals surface area contributed by atoms with E-state index >= 15 is 0 Å². The average Bonchev–Trinajstić information content (AvgIpc) is 3.60. The van der Waals surface area contributed by atoms with E-state index in [0.717, 1.165) is 40.8 Å². The molecule has 1 amide bonds. The SMILES string of the molecule is CNc1ncc(-c2nc3ccc(N4CCOCC4)cn3n2)c2cc(NC(=O)C3(OC)CC3)ncc12. The minimum absolute atomic E-state index is 0.183. The van der Waals surface area contributed by atoms with E-state index in [1.807, 2.05) is 25.4 Å². The summed E-state index contributed by atoms with van der Waals surface area (Å²) >= 11 is 0. The van der Waals surface area contributed by atoms with Gasteiger partial charge in [0.1, 0.15) is 17.2 Å². The Morgan fingerprint density at radius 1 is 1.14 bits per heavy atom. The minimum Gasteiger partial charge on any atom is -0.378 e. The van der Waals surface area contributed by atoms with Crippen molar-refractivity contribution in [2.24, 2.45) is 0 Å². The number of anilines is 3. The molecular weight excluding hydrogens is 448 g/mol. The highest BCUT2D eigenvalue weighted by atomic mass is 16.5. The summed E-state index contributed by atoms with van der Waals surface area (Å²) in [6.07, 6.45) is 6.85. The first-order valence-electron chi connectivity index (χ1n) is 11.6. The van der Waals surface area contributed by atoms with Gasteiger partial charge in [-0.2, -0.15) is 0 Å². The molecule has 2 N–H and O–H groups in total. The number of nitrogens with one attached hydrogen (secondary N) is 2. The maximum Gasteiger partial charge on any atom is 0.257 e. The van der Waals surface area contributed by atoms with Crippen LogP contribution in [0.3, 0.4) is 0 Å². The van der Waals surface area contributed by atoms with E-state index < -0.39 is 5.60 Å². The number of nitrogens with zero attached hydrogens (tertiary/aromatic N) is 6. The molecule has 5 heterocycles. The number of fused-ring (bicyclic) bond motifs is 2. The predicted octanol–water partition coefficient (Wildman–Crippen LogP) is 2.34. The van der Waals surface area contributed by atoms with Crippen LogP contribution in [0.2, 0.25) is 0 Å². The van der Waals surface area contributed by atoms with Gasteiger partial charge in [0.2, 0.25) is 0 Å². The van der Waals surface area contributed by atoms with E-state index in [9.17, 15) is 4.79 Å². The van der Waals surface area contributed by atoms with Gasteiger partial charge in [0.15, 0.2) is 11.5 Å². The van der Waals surface area contributed by atoms with Crippen molar-refractivity contribution in [2.45, 2.75) is 18.4 Å². The smallest absolute Gasteiger partial charge is 0.257 e. The van der Waals surface area contributed by atoms with E-state index in [-0.39, 0.29) is 5.91 Å². The quantitative estimate of drug-likeness (QED) is 0.434. The molecule has 0 bridgehead atoms. The largest absolute Gasteiger partial charge is 0.378 e. The lowest BCUT2D eigenvalue weighted by Gasteiger charge is -2.28. The number of morpholine rings is 1. The monoisotopic (exact) mass is 474 g/mol. The van der Waals surface area contributed by atoms with Crippen LogP contribution in [0.15, 0.2) is 36.8 Å². The van der Waals surface area contributed by atoms with Crippen LogP contribution in [0, 0.1) is 0 Å². The molecule has 1 saturated heterocycles. The number of pyridine rings is 3. The van der Waals surface area contributed by atoms with Crippen molar-refractivity contribution in [1.82, 2.24) is 24.6 Å². The highest BCUT2D eigenvalue weighted by Crippen LogP contribution is 2.40. The number of carbonyl (C=O) groups excluding carboxylic acids is 1. The summed E-state index contributed by atoms with van der Waals surface area (Å²) in [5.41, 5.74) is 1.82. The van der Waals surface area contributed by atoms with Gasteiger partial charge >= 0.3 is 0 Å². The van der Waals surface area contributed by atoms with Crippen LogP contribution in [0.5, 0.6) is 0 Å². The first-order valence-corrected chi connectivity index (χ1v) is 11.6. The molecule has 11 nitrogen and oxygen atoms in total. The lowest BCUT2D eigenvalue weighted by Crippen LogP contribution is -2.36. The zero-order valence-electron chi connectivity index (χ0n) is 19.6. The van der Waals surface area contributed by atoms with Crippen molar-refractivity contribution in [2.75, 3.05) is 56.0 Å². The Morgan fingerprint density at radius 3 is 2.71 bits per heavy atom. The Hall–Kier alpha value is -3.83. The van der Waals surface area contributed by atoms with Crippen LogP contribution in [0.1, 0.15) is 12.8 Å². The third-order valence-electron chi connectivity index (χ3n) is 6.69. The summed E-state index contributed by atoms with van der Waals surface area (Å²) in [5, 5.41) is 12.4. The van der Waals surface area contributed by atoms with Gasteiger partial charge in [-0.15, -0.1) is 5.10 Å². The summed E-state index contributed by atoms with van der Waals surface area (Å²) < 4.78 is 12.6. The van der Waals surface area contributed by atoms with Crippen LogP contribution in [-0.2, 0) is 14.3 Å². The molecule has 6 rings (SSSR count). The maximum atomic E-state index is 12.7. The van der Waals surface area contributed by atoms with Crippen molar-refractivity contribution in [3.8, 4) is 11.4 Å². The Morgan fingerprint density at radius 2 is 1.97 bits per heavy atom. The van der Waals surface area contributed by atoms with Crippen molar-refractivity contribution in [3.63, 3.8) is 0 Å². The van der Waals surface area contributed by atoms with Crippen LogP contribution in [-0.4, -0.2) is 76.5 Å². The highest BCUT2D eigenvalue weighted by Gasteiger charge is 2.50. The average molecular weight is 475 g/mol. The van der Waals surface area contributed by atoms with Gasteiger partial charge < -0.3 is 25.0 Å². The van der Waals surface area contributed by atoms with E-state index in [1.54, 1.807) is 24.0 Å². The van der Waals surface area contributed by atoms with Gasteiger partial charge in [-0.25, -0.2) is 19.5 Å². The van der Waals surface area contributed by atoms with Crippen molar-refractivity contribution in [1.29, 1.82) is 0 Å². The third kappa shape index (κ3) is 3.82. The Labute approximate surface area is 201 Å². The number of hydrogen-bond donors (Lipinski definition) is 2. The van der Waals surface area contributed by atoms with Gasteiger partial charge in [-0.05, 0) is 31.0 Å². The standard InChI is InChI=1S/C24H26N8O3/c1-25-21-17-12-26-19(28-23(33)24(34-2)5-6-24)11-16(17)18(13-27-21)22-29-20-4-3-15(14-32(20)30-22)31-7-9-35-10-8-31/h3-4,11-14H,5-10H2,1-2H3,(H,25,27)(H,26,28,33). The number of carbonyl (C=O) groups is 1. The molecule has 180 valence electrons. The van der Waals surface area contributed by atoms with E-state index in [4.69, 9.17) is 19.6 Å². The summed E-state index contributed by atoms with van der Waals surface area (Å²) in [6.45, 7) is 3.13. The van der Waals surface area contributed by atoms with Crippen LogP contribution in [0.25, 0.3) is 27.8 Å². The fourth-order valence-electron chi connectivity index (χ4n) is 4.44.